The van der Waals surface area contributed by atoms with Crippen molar-refractivity contribution in [3.63, 3.8) is 0 Å². The molecule has 0 saturated heterocycles. The van der Waals surface area contributed by atoms with Gasteiger partial charge in [0.1, 0.15) is 5.52 Å². The molecule has 0 aliphatic carbocycles. The summed E-state index contributed by atoms with van der Waals surface area (Å²) in [7, 11) is 0. The number of nitrogens with one attached hydrogen (secondary N) is 1. The number of furan rings is 1. The summed E-state index contributed by atoms with van der Waals surface area (Å²) in [5.41, 5.74) is 3.15. The third kappa shape index (κ3) is 2.31. The zero-order valence-electron chi connectivity index (χ0n) is 11.0. The van der Waals surface area contributed by atoms with Gasteiger partial charge in [0.15, 0.2) is 5.82 Å². The molecular formula is C14H16N4O. The van der Waals surface area contributed by atoms with E-state index < -0.39 is 0 Å². The molecular weight excluding hydrogens is 240 g/mol. The molecule has 0 atom stereocenters. The van der Waals surface area contributed by atoms with Crippen LogP contribution in [-0.4, -0.2) is 14.6 Å². The first-order valence-electron chi connectivity index (χ1n) is 6.33. The van der Waals surface area contributed by atoms with Crippen LogP contribution >= 0.6 is 0 Å². The number of anilines is 1. The second-order valence-electron chi connectivity index (χ2n) is 4.81. The van der Waals surface area contributed by atoms with Crippen LogP contribution in [-0.2, 0) is 6.54 Å². The van der Waals surface area contributed by atoms with Gasteiger partial charge in [-0.25, -0.2) is 9.50 Å². The summed E-state index contributed by atoms with van der Waals surface area (Å²) in [5, 5.41) is 7.85. The highest BCUT2D eigenvalue weighted by molar-refractivity contribution is 5.67. The van der Waals surface area contributed by atoms with Gasteiger partial charge in [0.05, 0.1) is 18.2 Å². The molecule has 0 radical (unpaired) electrons. The molecule has 3 aromatic heterocycles. The van der Waals surface area contributed by atoms with Gasteiger partial charge < -0.3 is 9.73 Å². The highest BCUT2D eigenvalue weighted by Crippen LogP contribution is 2.20. The van der Waals surface area contributed by atoms with Crippen molar-refractivity contribution in [1.82, 2.24) is 14.6 Å². The van der Waals surface area contributed by atoms with Gasteiger partial charge in [-0.2, -0.15) is 5.10 Å². The maximum atomic E-state index is 5.05. The average molecular weight is 256 g/mol. The minimum Gasteiger partial charge on any atom is -0.472 e. The monoisotopic (exact) mass is 256 g/mol. The van der Waals surface area contributed by atoms with E-state index in [2.05, 4.69) is 35.3 Å². The lowest BCUT2D eigenvalue weighted by atomic mass is 10.1. The summed E-state index contributed by atoms with van der Waals surface area (Å²) in [6.45, 7) is 4.95. The second-order valence-corrected chi connectivity index (χ2v) is 4.81. The number of fused-ring (bicyclic) bond motifs is 1. The molecule has 0 aromatic carbocycles. The van der Waals surface area contributed by atoms with Crippen LogP contribution in [0.25, 0.3) is 5.52 Å². The first-order chi connectivity index (χ1) is 9.24. The van der Waals surface area contributed by atoms with E-state index in [1.54, 1.807) is 18.7 Å². The molecule has 0 fully saturated rings. The summed E-state index contributed by atoms with van der Waals surface area (Å²) in [5.74, 6) is 1.24. The minimum atomic E-state index is 0.404. The van der Waals surface area contributed by atoms with Crippen molar-refractivity contribution in [2.45, 2.75) is 26.3 Å². The molecule has 5 heteroatoms. The Hall–Kier alpha value is -2.30. The molecule has 0 aliphatic heterocycles. The minimum absolute atomic E-state index is 0.404. The number of nitrogens with zero attached hydrogens (tertiary/aromatic N) is 3. The van der Waals surface area contributed by atoms with Crippen LogP contribution in [0, 0.1) is 0 Å². The van der Waals surface area contributed by atoms with Gasteiger partial charge in [-0.05, 0) is 18.1 Å². The van der Waals surface area contributed by atoms with Crippen LogP contribution in [0.5, 0.6) is 0 Å². The molecule has 5 nitrogen and oxygen atoms in total. The molecule has 0 aliphatic rings. The fourth-order valence-corrected chi connectivity index (χ4v) is 1.94. The Morgan fingerprint density at radius 1 is 1.42 bits per heavy atom. The molecule has 0 unspecified atom stereocenters. The lowest BCUT2D eigenvalue weighted by molar-refractivity contribution is 0.564. The SMILES string of the molecule is CC(C)c1cc2c(NCc3ccoc3)nccn2n1. The predicted octanol–water partition coefficient (Wildman–Crippen LogP) is 3.06. The highest BCUT2D eigenvalue weighted by atomic mass is 16.3. The molecule has 0 spiro atoms. The fourth-order valence-electron chi connectivity index (χ4n) is 1.94. The van der Waals surface area contributed by atoms with E-state index in [9.17, 15) is 0 Å². The smallest absolute Gasteiger partial charge is 0.152 e. The summed E-state index contributed by atoms with van der Waals surface area (Å²) in [4.78, 5) is 4.38. The number of rotatable bonds is 4. The molecule has 98 valence electrons. The van der Waals surface area contributed by atoms with Gasteiger partial charge in [-0.1, -0.05) is 13.8 Å². The normalized spacial score (nSPS) is 11.3. The largest absolute Gasteiger partial charge is 0.472 e. The van der Waals surface area contributed by atoms with Crippen molar-refractivity contribution in [2.75, 3.05) is 5.32 Å². The van der Waals surface area contributed by atoms with E-state index in [0.29, 0.717) is 12.5 Å². The van der Waals surface area contributed by atoms with Crippen molar-refractivity contribution >= 4 is 11.3 Å². The summed E-state index contributed by atoms with van der Waals surface area (Å²) >= 11 is 0. The fraction of sp³-hybridized carbons (Fsp3) is 0.286. The van der Waals surface area contributed by atoms with E-state index in [1.807, 2.05) is 16.8 Å². The molecule has 0 amide bonds. The van der Waals surface area contributed by atoms with Crippen LogP contribution in [0.15, 0.2) is 41.5 Å². The van der Waals surface area contributed by atoms with Gasteiger partial charge in [-0.3, -0.25) is 0 Å². The Bertz CT molecular complexity index is 670. The van der Waals surface area contributed by atoms with Gasteiger partial charge in [-0.15, -0.1) is 0 Å². The lowest BCUT2D eigenvalue weighted by Gasteiger charge is -2.04. The lowest BCUT2D eigenvalue weighted by Crippen LogP contribution is -2.02. The highest BCUT2D eigenvalue weighted by Gasteiger charge is 2.09. The first-order valence-corrected chi connectivity index (χ1v) is 6.33. The van der Waals surface area contributed by atoms with Crippen LogP contribution in [0.2, 0.25) is 0 Å². The van der Waals surface area contributed by atoms with Gasteiger partial charge >= 0.3 is 0 Å². The molecule has 0 saturated carbocycles. The molecule has 3 rings (SSSR count). The molecule has 19 heavy (non-hydrogen) atoms. The van der Waals surface area contributed by atoms with Gasteiger partial charge in [0, 0.05) is 24.5 Å². The van der Waals surface area contributed by atoms with Crippen molar-refractivity contribution < 1.29 is 4.42 Å². The Morgan fingerprint density at radius 2 is 2.32 bits per heavy atom. The topological polar surface area (TPSA) is 55.4 Å². The van der Waals surface area contributed by atoms with Crippen molar-refractivity contribution in [2.24, 2.45) is 0 Å². The van der Waals surface area contributed by atoms with Crippen LogP contribution in [0.4, 0.5) is 5.82 Å². The third-order valence-corrected chi connectivity index (χ3v) is 3.04. The maximum absolute atomic E-state index is 5.05. The average Bonchev–Trinajstić information content (AvgIpc) is 3.05. The Balaban J connectivity index is 1.90. The number of hydrogen-bond acceptors (Lipinski definition) is 4. The van der Waals surface area contributed by atoms with E-state index in [0.717, 1.165) is 22.6 Å². The van der Waals surface area contributed by atoms with Crippen molar-refractivity contribution in [3.8, 4) is 0 Å². The van der Waals surface area contributed by atoms with E-state index in [4.69, 9.17) is 4.42 Å². The molecule has 0 bridgehead atoms. The van der Waals surface area contributed by atoms with Gasteiger partial charge in [0.25, 0.3) is 0 Å². The summed E-state index contributed by atoms with van der Waals surface area (Å²) < 4.78 is 6.91. The molecule has 3 aromatic rings. The van der Waals surface area contributed by atoms with E-state index >= 15 is 0 Å². The standard InChI is InChI=1S/C14H16N4O/c1-10(2)12-7-13-14(15-4-5-18(13)17-12)16-8-11-3-6-19-9-11/h3-7,9-10H,8H2,1-2H3,(H,15,16). The van der Waals surface area contributed by atoms with E-state index in [1.165, 1.54) is 0 Å². The first kappa shape index (κ1) is 11.8. The molecule has 3 heterocycles. The van der Waals surface area contributed by atoms with Crippen molar-refractivity contribution in [1.29, 1.82) is 0 Å². The summed E-state index contributed by atoms with van der Waals surface area (Å²) in [6, 6.07) is 4.01. The zero-order valence-corrected chi connectivity index (χ0v) is 11.0. The van der Waals surface area contributed by atoms with Crippen molar-refractivity contribution in [3.05, 3.63) is 48.3 Å². The quantitative estimate of drug-likeness (QED) is 0.779. The van der Waals surface area contributed by atoms with Crippen LogP contribution in [0.3, 0.4) is 0 Å². The van der Waals surface area contributed by atoms with Gasteiger partial charge in [0.2, 0.25) is 0 Å². The predicted molar refractivity (Wildman–Crippen MR) is 73.1 cm³/mol. The van der Waals surface area contributed by atoms with Crippen LogP contribution in [0.1, 0.15) is 31.0 Å². The Labute approximate surface area is 111 Å². The zero-order chi connectivity index (χ0) is 13.2. The van der Waals surface area contributed by atoms with E-state index in [-0.39, 0.29) is 0 Å². The van der Waals surface area contributed by atoms with Crippen LogP contribution < -0.4 is 5.32 Å². The number of aromatic nitrogens is 3. The second kappa shape index (κ2) is 4.76. The third-order valence-electron chi connectivity index (χ3n) is 3.04. The Kier molecular flexibility index (Phi) is 2.95. The maximum Gasteiger partial charge on any atom is 0.152 e. The summed E-state index contributed by atoms with van der Waals surface area (Å²) in [6.07, 6.45) is 7.01. The number of hydrogen-bond donors (Lipinski definition) is 1. The molecule has 1 N–H and O–H groups in total. The Morgan fingerprint density at radius 3 is 3.05 bits per heavy atom.